The van der Waals surface area contributed by atoms with Crippen molar-refractivity contribution in [2.45, 2.75) is 20.3 Å². The van der Waals surface area contributed by atoms with Crippen molar-refractivity contribution in [1.82, 2.24) is 9.88 Å². The molecule has 0 spiro atoms. The molecule has 1 aliphatic rings. The van der Waals surface area contributed by atoms with Gasteiger partial charge < -0.3 is 14.2 Å². The van der Waals surface area contributed by atoms with Crippen LogP contribution in [0.4, 0.5) is 10.8 Å². The third kappa shape index (κ3) is 4.88. The number of carbonyl (C=O) groups excluding carboxylic acids is 3. The second-order valence-electron chi connectivity index (χ2n) is 7.64. The molecule has 9 heteroatoms. The van der Waals surface area contributed by atoms with Gasteiger partial charge in [0.25, 0.3) is 5.91 Å². The number of benzene rings is 1. The van der Waals surface area contributed by atoms with Crippen LogP contribution in [0.3, 0.4) is 0 Å². The molecule has 0 saturated carbocycles. The summed E-state index contributed by atoms with van der Waals surface area (Å²) in [5.41, 5.74) is 2.85. The van der Waals surface area contributed by atoms with E-state index in [2.05, 4.69) is 15.2 Å². The minimum absolute atomic E-state index is 0.0189. The minimum atomic E-state index is -0.282. The third-order valence-corrected chi connectivity index (χ3v) is 6.29. The molecule has 0 radical (unpaired) electrons. The molecule has 2 aromatic heterocycles. The number of piperazine rings is 1. The number of hydrogen-bond acceptors (Lipinski definition) is 7. The van der Waals surface area contributed by atoms with Gasteiger partial charge in [0.15, 0.2) is 10.9 Å². The van der Waals surface area contributed by atoms with Crippen LogP contribution >= 0.6 is 11.3 Å². The zero-order valence-corrected chi connectivity index (χ0v) is 18.8. The van der Waals surface area contributed by atoms with Crippen LogP contribution in [0.2, 0.25) is 0 Å². The van der Waals surface area contributed by atoms with Crippen molar-refractivity contribution in [3.8, 4) is 0 Å². The van der Waals surface area contributed by atoms with Gasteiger partial charge >= 0.3 is 0 Å². The maximum Gasteiger partial charge on any atom is 0.260 e. The van der Waals surface area contributed by atoms with Gasteiger partial charge in [-0.05, 0) is 44.2 Å². The van der Waals surface area contributed by atoms with E-state index in [9.17, 15) is 14.4 Å². The van der Waals surface area contributed by atoms with E-state index in [4.69, 9.17) is 4.42 Å². The van der Waals surface area contributed by atoms with Gasteiger partial charge in [0, 0.05) is 42.8 Å². The molecular formula is C23H24N4O4S. The van der Waals surface area contributed by atoms with Crippen molar-refractivity contribution in [2.75, 3.05) is 36.4 Å². The molecule has 1 saturated heterocycles. The Hall–Kier alpha value is -3.46. The highest BCUT2D eigenvalue weighted by atomic mass is 32.1. The van der Waals surface area contributed by atoms with Gasteiger partial charge in [-0.3, -0.25) is 19.7 Å². The number of carbonyl (C=O) groups is 3. The van der Waals surface area contributed by atoms with Crippen molar-refractivity contribution < 1.29 is 18.8 Å². The van der Waals surface area contributed by atoms with Gasteiger partial charge in [0.1, 0.15) is 5.76 Å². The number of nitrogens with one attached hydrogen (secondary N) is 1. The summed E-state index contributed by atoms with van der Waals surface area (Å²) in [4.78, 5) is 44.9. The molecule has 0 aliphatic carbocycles. The monoisotopic (exact) mass is 452 g/mol. The lowest BCUT2D eigenvalue weighted by Gasteiger charge is -2.36. The lowest BCUT2D eigenvalue weighted by Crippen LogP contribution is -2.49. The zero-order chi connectivity index (χ0) is 22.7. The molecule has 3 aromatic rings. The maximum atomic E-state index is 12.7. The average Bonchev–Trinajstić information content (AvgIpc) is 3.42. The number of aryl methyl sites for hydroxylation is 1. The normalized spacial score (nSPS) is 13.8. The molecule has 4 rings (SSSR count). The van der Waals surface area contributed by atoms with Crippen LogP contribution in [0.25, 0.3) is 0 Å². The van der Waals surface area contributed by atoms with Gasteiger partial charge in [0.05, 0.1) is 23.9 Å². The summed E-state index contributed by atoms with van der Waals surface area (Å²) >= 11 is 1.29. The largest absolute Gasteiger partial charge is 0.469 e. The van der Waals surface area contributed by atoms with Crippen molar-refractivity contribution in [2.24, 2.45) is 0 Å². The Morgan fingerprint density at radius 1 is 1.09 bits per heavy atom. The molecule has 0 atom stereocenters. The number of amides is 2. The highest BCUT2D eigenvalue weighted by Crippen LogP contribution is 2.20. The van der Waals surface area contributed by atoms with Crippen LogP contribution in [0.5, 0.6) is 0 Å². The number of anilines is 2. The second kappa shape index (κ2) is 9.35. The van der Waals surface area contributed by atoms with E-state index in [0.29, 0.717) is 40.8 Å². The summed E-state index contributed by atoms with van der Waals surface area (Å²) in [6.45, 7) is 5.99. The molecule has 32 heavy (non-hydrogen) atoms. The molecule has 1 aliphatic heterocycles. The first-order valence-electron chi connectivity index (χ1n) is 10.3. The Labute approximate surface area is 189 Å². The third-order valence-electron chi connectivity index (χ3n) is 5.48. The number of aromatic nitrogens is 1. The fraction of sp³-hybridized carbons (Fsp3) is 0.304. The maximum absolute atomic E-state index is 12.7. The standard InChI is InChI=1S/C23H24N4O4S/c1-15(28)17-3-5-19(6-4-17)26-8-10-27(11-9-26)21(29)13-18-14-32-23(24-18)25-22(30)20-7-12-31-16(20)2/h3-7,12,14H,8-11,13H2,1-2H3,(H,24,25,30). The van der Waals surface area contributed by atoms with E-state index >= 15 is 0 Å². The van der Waals surface area contributed by atoms with Crippen molar-refractivity contribution in [3.05, 3.63) is 64.6 Å². The summed E-state index contributed by atoms with van der Waals surface area (Å²) in [5.74, 6) is 0.332. The van der Waals surface area contributed by atoms with E-state index < -0.39 is 0 Å². The molecule has 2 amide bonds. The second-order valence-corrected chi connectivity index (χ2v) is 8.49. The summed E-state index contributed by atoms with van der Waals surface area (Å²) in [6.07, 6.45) is 1.67. The molecule has 0 unspecified atom stereocenters. The van der Waals surface area contributed by atoms with Crippen molar-refractivity contribution >= 4 is 39.8 Å². The number of rotatable bonds is 6. The first-order chi connectivity index (χ1) is 15.4. The predicted molar refractivity (Wildman–Crippen MR) is 122 cm³/mol. The minimum Gasteiger partial charge on any atom is -0.469 e. The quantitative estimate of drug-likeness (QED) is 0.576. The Kier molecular flexibility index (Phi) is 6.36. The molecule has 3 heterocycles. The van der Waals surface area contributed by atoms with E-state index in [0.717, 1.165) is 18.8 Å². The Bertz CT molecular complexity index is 1130. The number of nitrogens with zero attached hydrogens (tertiary/aromatic N) is 3. The van der Waals surface area contributed by atoms with Gasteiger partial charge in [0.2, 0.25) is 5.91 Å². The lowest BCUT2D eigenvalue weighted by molar-refractivity contribution is -0.130. The molecule has 1 fully saturated rings. The number of ketones is 1. The zero-order valence-electron chi connectivity index (χ0n) is 18.0. The molecule has 166 valence electrons. The lowest BCUT2D eigenvalue weighted by atomic mass is 10.1. The fourth-order valence-electron chi connectivity index (χ4n) is 3.62. The van der Waals surface area contributed by atoms with Gasteiger partial charge in [-0.15, -0.1) is 11.3 Å². The van der Waals surface area contributed by atoms with E-state index in [1.807, 2.05) is 29.2 Å². The number of thiazole rings is 1. The number of Topliss-reactive ketones (excluding diaryl/α,β-unsaturated/α-hetero) is 1. The predicted octanol–water partition coefficient (Wildman–Crippen LogP) is 3.39. The topological polar surface area (TPSA) is 95.8 Å². The first kappa shape index (κ1) is 21.8. The van der Waals surface area contributed by atoms with Crippen LogP contribution in [0, 0.1) is 6.92 Å². The average molecular weight is 453 g/mol. The fourth-order valence-corrected chi connectivity index (χ4v) is 4.32. The van der Waals surface area contributed by atoms with Crippen molar-refractivity contribution in [3.63, 3.8) is 0 Å². The molecule has 0 bridgehead atoms. The van der Waals surface area contributed by atoms with Gasteiger partial charge in [-0.25, -0.2) is 4.98 Å². The Morgan fingerprint density at radius 3 is 2.44 bits per heavy atom. The highest BCUT2D eigenvalue weighted by Gasteiger charge is 2.22. The molecule has 1 N–H and O–H groups in total. The summed E-state index contributed by atoms with van der Waals surface area (Å²) in [5, 5.41) is 5.00. The molecule has 8 nitrogen and oxygen atoms in total. The highest BCUT2D eigenvalue weighted by molar-refractivity contribution is 7.14. The summed E-state index contributed by atoms with van der Waals surface area (Å²) < 4.78 is 5.15. The molecular weight excluding hydrogens is 428 g/mol. The van der Waals surface area contributed by atoms with Gasteiger partial charge in [-0.2, -0.15) is 0 Å². The van der Waals surface area contributed by atoms with E-state index in [-0.39, 0.29) is 24.0 Å². The van der Waals surface area contributed by atoms with Crippen molar-refractivity contribution in [1.29, 1.82) is 0 Å². The SMILES string of the molecule is CC(=O)c1ccc(N2CCN(C(=O)Cc3csc(NC(=O)c4ccoc4C)n3)CC2)cc1. The van der Waals surface area contributed by atoms with Crippen LogP contribution in [-0.4, -0.2) is 53.7 Å². The Balaban J connectivity index is 1.28. The number of hydrogen-bond donors (Lipinski definition) is 1. The van der Waals surface area contributed by atoms with Crippen LogP contribution in [0.1, 0.15) is 39.1 Å². The van der Waals surface area contributed by atoms with E-state index in [1.54, 1.807) is 25.3 Å². The summed E-state index contributed by atoms with van der Waals surface area (Å²) in [6, 6.07) is 9.18. The molecule has 1 aromatic carbocycles. The first-order valence-corrected chi connectivity index (χ1v) is 11.2. The van der Waals surface area contributed by atoms with Gasteiger partial charge in [-0.1, -0.05) is 0 Å². The Morgan fingerprint density at radius 2 is 1.81 bits per heavy atom. The van der Waals surface area contributed by atoms with E-state index in [1.165, 1.54) is 17.6 Å². The van der Waals surface area contributed by atoms with Crippen LogP contribution < -0.4 is 10.2 Å². The smallest absolute Gasteiger partial charge is 0.260 e. The summed E-state index contributed by atoms with van der Waals surface area (Å²) in [7, 11) is 0. The van der Waals surface area contributed by atoms with Crippen LogP contribution in [-0.2, 0) is 11.2 Å². The van der Waals surface area contributed by atoms with Crippen LogP contribution in [0.15, 0.2) is 46.4 Å². The number of furan rings is 1.